The van der Waals surface area contributed by atoms with Crippen molar-refractivity contribution in [1.82, 2.24) is 75.6 Å². The van der Waals surface area contributed by atoms with Gasteiger partial charge in [-0.3, -0.25) is 71.9 Å². The third kappa shape index (κ3) is 26.8. The number of nitrogens with one attached hydrogen (secondary N) is 5. The van der Waals surface area contributed by atoms with E-state index in [-0.39, 0.29) is 68.1 Å². The zero-order chi connectivity index (χ0) is 86.4. The van der Waals surface area contributed by atoms with Crippen LogP contribution in [-0.2, 0) is 84.8 Å². The molecule has 0 spiro atoms. The molecule has 2 aliphatic rings. The first-order valence-electron chi connectivity index (χ1n) is 40.1. The van der Waals surface area contributed by atoms with Crippen LogP contribution in [0, 0.1) is 29.6 Å². The number of piperidine rings is 1. The number of amides is 15. The summed E-state index contributed by atoms with van der Waals surface area (Å²) in [6.45, 7) is 25.3. The largest absolute Gasteiger partial charge is 0.391 e. The van der Waals surface area contributed by atoms with Gasteiger partial charge in [0.05, 0.1) is 19.1 Å². The van der Waals surface area contributed by atoms with Crippen LogP contribution in [0.25, 0.3) is 0 Å². The van der Waals surface area contributed by atoms with E-state index < -0.39 is 186 Å². The highest BCUT2D eigenvalue weighted by atomic mass is 16.3. The molecule has 6 N–H and O–H groups in total. The number of hydrogen-bond acceptors (Lipinski definition) is 16. The van der Waals surface area contributed by atoms with Crippen LogP contribution in [0.3, 0.4) is 0 Å². The first kappa shape index (κ1) is 96.8. The standard InChI is InChI=1S/C83H133N15O16/c1-48(2)40-61(71(102)85-54(12)76(107)98-38-32-27-33-39-98)93(20)77(108)55(13)90(17)79(110)60-46-67(100)87-69(52(9)10)83(114)91(18)56(14)78(109)96(23)65(43-51(7)8)81(112)97(24)64(42-50(5)6)80(111)89(16)47-68(101)92(19)63(44-58-34-28-25-29-35-58)72(103)84-53(11)75(106)95(22)66(45-59-36-30-26-31-37-59)82(113)94(21)62(41-49(3)4)73(104)88-70(57(15)99)74(105)86-60/h25-26,28-31,34-37,48-57,60-66,69-70,99H,27,32-33,38-47H2,1-24H3,(H,84,103)(H,85,102)(H,86,105)(H,87,100)(H,88,104)/t53-,54-,55-,56-,57+,60-,61-,62-,63-,64-,65-,66-,69+,70-/m0/s1. The maximum atomic E-state index is 15.5. The predicted octanol–water partition coefficient (Wildman–Crippen LogP) is 2.69. The van der Waals surface area contributed by atoms with Crippen LogP contribution in [0.1, 0.15) is 166 Å². The monoisotopic (exact) mass is 1600 g/mol. The van der Waals surface area contributed by atoms with Crippen molar-refractivity contribution < 1.29 is 77.0 Å². The van der Waals surface area contributed by atoms with E-state index in [9.17, 15) is 53.1 Å². The van der Waals surface area contributed by atoms with Crippen molar-refractivity contribution in [2.45, 2.75) is 253 Å². The number of aliphatic hydroxyl groups is 1. The smallest absolute Gasteiger partial charge is 0.246 e. The summed E-state index contributed by atoms with van der Waals surface area (Å²) >= 11 is 0. The fourth-order valence-corrected chi connectivity index (χ4v) is 14.3. The van der Waals surface area contributed by atoms with Crippen LogP contribution in [-0.4, -0.2) is 310 Å². The summed E-state index contributed by atoms with van der Waals surface area (Å²) in [5.41, 5.74) is 1.23. The Kier molecular flexibility index (Phi) is 37.7. The van der Waals surface area contributed by atoms with Crippen molar-refractivity contribution in [3.8, 4) is 0 Å². The van der Waals surface area contributed by atoms with Crippen molar-refractivity contribution >= 4 is 88.6 Å². The van der Waals surface area contributed by atoms with Gasteiger partial charge < -0.3 is 80.7 Å². The topological polar surface area (TPSA) is 369 Å². The number of carbonyl (C=O) groups is 15. The van der Waals surface area contributed by atoms with Gasteiger partial charge in [-0.1, -0.05) is 130 Å². The highest BCUT2D eigenvalue weighted by Crippen LogP contribution is 2.25. The first-order valence-corrected chi connectivity index (χ1v) is 40.1. The highest BCUT2D eigenvalue weighted by Gasteiger charge is 2.45. The van der Waals surface area contributed by atoms with Gasteiger partial charge in [-0.15, -0.1) is 0 Å². The molecule has 4 rings (SSSR count). The van der Waals surface area contributed by atoms with Gasteiger partial charge in [0.15, 0.2) is 0 Å². The quantitative estimate of drug-likeness (QED) is 0.105. The van der Waals surface area contributed by atoms with Crippen LogP contribution >= 0.6 is 0 Å². The van der Waals surface area contributed by atoms with Crippen LogP contribution < -0.4 is 26.6 Å². The number of rotatable bonds is 21. The lowest BCUT2D eigenvalue weighted by atomic mass is 9.97. The van der Waals surface area contributed by atoms with Crippen molar-refractivity contribution in [3.63, 3.8) is 0 Å². The molecule has 15 amide bonds. The fraction of sp³-hybridized carbons (Fsp3) is 0.675. The van der Waals surface area contributed by atoms with Gasteiger partial charge in [0.25, 0.3) is 0 Å². The second-order valence-electron chi connectivity index (χ2n) is 33.3. The lowest BCUT2D eigenvalue weighted by Gasteiger charge is -2.39. The predicted molar refractivity (Wildman–Crippen MR) is 432 cm³/mol. The van der Waals surface area contributed by atoms with E-state index >= 15 is 24.0 Å². The molecule has 114 heavy (non-hydrogen) atoms. The first-order chi connectivity index (χ1) is 53.2. The third-order valence-corrected chi connectivity index (χ3v) is 21.8. The summed E-state index contributed by atoms with van der Waals surface area (Å²) in [5, 5.41) is 24.9. The van der Waals surface area contributed by atoms with Crippen molar-refractivity contribution in [3.05, 3.63) is 71.8 Å². The van der Waals surface area contributed by atoms with Gasteiger partial charge in [-0.25, -0.2) is 0 Å². The molecule has 0 aliphatic carbocycles. The molecule has 0 radical (unpaired) electrons. The average molecular weight is 1600 g/mol. The average Bonchev–Trinajstić information content (AvgIpc) is 0.810. The summed E-state index contributed by atoms with van der Waals surface area (Å²) in [7, 11) is 12.3. The van der Waals surface area contributed by atoms with Gasteiger partial charge in [0, 0.05) is 89.4 Å². The zero-order valence-corrected chi connectivity index (χ0v) is 72.0. The minimum Gasteiger partial charge on any atom is -0.391 e. The van der Waals surface area contributed by atoms with Crippen molar-refractivity contribution in [2.75, 3.05) is 83.1 Å². The minimum atomic E-state index is -1.97. The van der Waals surface area contributed by atoms with E-state index in [1.54, 1.807) is 100 Å². The number of benzene rings is 2. The molecule has 31 heteroatoms. The maximum absolute atomic E-state index is 15.5. The molecule has 2 aromatic rings. The summed E-state index contributed by atoms with van der Waals surface area (Å²) in [6, 6.07) is -0.660. The molecule has 0 saturated carbocycles. The second kappa shape index (κ2) is 44.4. The van der Waals surface area contributed by atoms with Crippen molar-refractivity contribution in [1.29, 1.82) is 0 Å². The molecule has 14 atom stereocenters. The lowest BCUT2D eigenvalue weighted by molar-refractivity contribution is -0.154. The Bertz CT molecular complexity index is 3650. The van der Waals surface area contributed by atoms with E-state index in [1.165, 1.54) is 106 Å². The molecular formula is C83H133N15O16. The summed E-state index contributed by atoms with van der Waals surface area (Å²) in [6.07, 6.45) is -0.0247. The SMILES string of the molecule is CC(C)C[C@@H](C(=O)N[C@@H](C)C(=O)N1CCCCC1)N(C)C(=O)[C@H](C)N(C)C(=O)[C@@H]1CC(=O)N[C@H](C(C)C)C(=O)N(C)[C@@H](C)C(=O)N(C)[C@@H](CC(C)C)C(=O)N(C)[C@@H](CC(C)C)C(=O)N(C)CC(=O)N(C)[C@@H](Cc2ccccc2)C(=O)N[C@@H](C)C(=O)N(C)[C@@H](Cc2ccccc2)C(=O)N(C)[C@@H](CC(C)C)C(=O)N[C@@H]([C@@H](C)O)C(=O)N1. The Labute approximate surface area is 675 Å². The molecule has 0 bridgehead atoms. The number of carbonyl (C=O) groups excluding carboxylic acids is 15. The normalized spacial score (nSPS) is 24.2. The zero-order valence-electron chi connectivity index (χ0n) is 72.0. The summed E-state index contributed by atoms with van der Waals surface area (Å²) < 4.78 is 0. The number of hydrogen-bond donors (Lipinski definition) is 6. The Morgan fingerprint density at radius 1 is 0.491 bits per heavy atom. The molecular weight excluding hydrogens is 1460 g/mol. The van der Waals surface area contributed by atoms with Crippen LogP contribution in [0.2, 0.25) is 0 Å². The molecule has 0 aromatic heterocycles. The van der Waals surface area contributed by atoms with E-state index in [1.807, 2.05) is 41.5 Å². The molecule has 31 nitrogen and oxygen atoms in total. The van der Waals surface area contributed by atoms with Gasteiger partial charge in [0.1, 0.15) is 78.5 Å². The molecule has 2 heterocycles. The fourth-order valence-electron chi connectivity index (χ4n) is 14.3. The summed E-state index contributed by atoms with van der Waals surface area (Å²) in [4.78, 5) is 235. The van der Waals surface area contributed by atoms with E-state index in [4.69, 9.17) is 0 Å². The van der Waals surface area contributed by atoms with Crippen LogP contribution in [0.15, 0.2) is 60.7 Å². The number of likely N-dealkylation sites (tertiary alicyclic amines) is 1. The number of likely N-dealkylation sites (N-methyl/N-ethyl adjacent to an activating group) is 9. The molecule has 0 unspecified atom stereocenters. The third-order valence-electron chi connectivity index (χ3n) is 21.8. The molecule has 636 valence electrons. The Hall–Kier alpha value is -9.55. The lowest BCUT2D eigenvalue weighted by Crippen LogP contribution is -2.63. The van der Waals surface area contributed by atoms with Crippen molar-refractivity contribution in [2.24, 2.45) is 29.6 Å². The van der Waals surface area contributed by atoms with E-state index in [0.29, 0.717) is 24.2 Å². The highest BCUT2D eigenvalue weighted by molar-refractivity contribution is 6.01. The molecule has 2 aromatic carbocycles. The van der Waals surface area contributed by atoms with Gasteiger partial charge >= 0.3 is 0 Å². The minimum absolute atomic E-state index is 0.0579. The molecule has 2 fully saturated rings. The number of nitrogens with zero attached hydrogens (tertiary/aromatic N) is 10. The Morgan fingerprint density at radius 3 is 1.46 bits per heavy atom. The second-order valence-corrected chi connectivity index (χ2v) is 33.3. The molecule has 2 aliphatic heterocycles. The van der Waals surface area contributed by atoms with Crippen LogP contribution in [0.4, 0.5) is 0 Å². The Balaban J connectivity index is 1.95. The molecule has 2 saturated heterocycles. The van der Waals surface area contributed by atoms with E-state index in [2.05, 4.69) is 26.6 Å². The van der Waals surface area contributed by atoms with Gasteiger partial charge in [0.2, 0.25) is 88.6 Å². The maximum Gasteiger partial charge on any atom is 0.246 e. The Morgan fingerprint density at radius 2 is 0.956 bits per heavy atom. The van der Waals surface area contributed by atoms with E-state index in [0.717, 1.165) is 48.7 Å². The van der Waals surface area contributed by atoms with Gasteiger partial charge in [-0.05, 0) is 120 Å². The summed E-state index contributed by atoms with van der Waals surface area (Å²) in [5.74, 6) is -13.3. The van der Waals surface area contributed by atoms with Crippen LogP contribution in [0.5, 0.6) is 0 Å². The van der Waals surface area contributed by atoms with Gasteiger partial charge in [-0.2, -0.15) is 0 Å². The number of aliphatic hydroxyl groups excluding tert-OH is 1.